The molecule has 1 aromatic heterocycles. The van der Waals surface area contributed by atoms with Crippen LogP contribution in [0.25, 0.3) is 0 Å². The van der Waals surface area contributed by atoms with E-state index in [4.69, 9.17) is 4.52 Å². The molecule has 0 aliphatic carbocycles. The zero-order valence-electron chi connectivity index (χ0n) is 15.2. The normalized spacial score (nSPS) is 16.6. The van der Waals surface area contributed by atoms with Crippen LogP contribution in [0.2, 0.25) is 0 Å². The van der Waals surface area contributed by atoms with Crippen molar-refractivity contribution in [3.63, 3.8) is 0 Å². The third kappa shape index (κ3) is 6.21. The Labute approximate surface area is 155 Å². The maximum absolute atomic E-state index is 12.2. The number of hydrogen-bond acceptors (Lipinski definition) is 6. The molecule has 0 radical (unpaired) electrons. The maximum Gasteiger partial charge on any atom is 0.573 e. The van der Waals surface area contributed by atoms with Crippen molar-refractivity contribution in [3.05, 3.63) is 41.5 Å². The third-order valence-corrected chi connectivity index (χ3v) is 4.37. The van der Waals surface area contributed by atoms with Gasteiger partial charge in [0.2, 0.25) is 5.89 Å². The zero-order valence-corrected chi connectivity index (χ0v) is 15.2. The number of nitrogens with zero attached hydrogens (tertiary/aromatic N) is 4. The van der Waals surface area contributed by atoms with Crippen molar-refractivity contribution in [1.29, 1.82) is 0 Å². The van der Waals surface area contributed by atoms with Gasteiger partial charge in [-0.3, -0.25) is 9.80 Å². The number of hydrogen-bond donors (Lipinski definition) is 0. The molecule has 27 heavy (non-hydrogen) atoms. The maximum atomic E-state index is 12.2. The Kier molecular flexibility index (Phi) is 6.33. The highest BCUT2D eigenvalue weighted by molar-refractivity contribution is 5.27. The van der Waals surface area contributed by atoms with Gasteiger partial charge in [-0.2, -0.15) is 4.98 Å². The van der Waals surface area contributed by atoms with Gasteiger partial charge < -0.3 is 9.26 Å². The Morgan fingerprint density at radius 1 is 1.04 bits per heavy atom. The summed E-state index contributed by atoms with van der Waals surface area (Å²) >= 11 is 0. The van der Waals surface area contributed by atoms with Crippen LogP contribution >= 0.6 is 0 Å². The van der Waals surface area contributed by atoms with Gasteiger partial charge in [-0.25, -0.2) is 0 Å². The number of alkyl halides is 3. The van der Waals surface area contributed by atoms with Crippen LogP contribution < -0.4 is 4.74 Å². The average Bonchev–Trinajstić information content (AvgIpc) is 3.05. The fourth-order valence-corrected chi connectivity index (χ4v) is 3.03. The summed E-state index contributed by atoms with van der Waals surface area (Å²) in [5.41, 5.74) is 0.957. The molecule has 2 heterocycles. The van der Waals surface area contributed by atoms with Crippen LogP contribution in [-0.4, -0.2) is 52.5 Å². The van der Waals surface area contributed by atoms with Gasteiger partial charge in [-0.1, -0.05) is 24.2 Å². The Balaban J connectivity index is 1.43. The van der Waals surface area contributed by atoms with E-state index in [-0.39, 0.29) is 5.75 Å². The van der Waals surface area contributed by atoms with Crippen molar-refractivity contribution < 1.29 is 22.4 Å². The van der Waals surface area contributed by atoms with Crippen LogP contribution in [-0.2, 0) is 19.5 Å². The van der Waals surface area contributed by atoms with E-state index in [1.54, 1.807) is 12.1 Å². The van der Waals surface area contributed by atoms with E-state index in [9.17, 15) is 13.2 Å². The van der Waals surface area contributed by atoms with Crippen LogP contribution in [0.15, 0.2) is 28.8 Å². The average molecular weight is 384 g/mol. The Morgan fingerprint density at radius 2 is 1.67 bits per heavy atom. The molecule has 0 amide bonds. The highest BCUT2D eigenvalue weighted by Gasteiger charge is 2.31. The van der Waals surface area contributed by atoms with Crippen molar-refractivity contribution >= 4 is 0 Å². The first-order valence-corrected chi connectivity index (χ1v) is 9.02. The molecule has 0 bridgehead atoms. The topological polar surface area (TPSA) is 54.6 Å². The van der Waals surface area contributed by atoms with Gasteiger partial charge in [0.1, 0.15) is 5.75 Å². The van der Waals surface area contributed by atoms with E-state index >= 15 is 0 Å². The van der Waals surface area contributed by atoms with Crippen LogP contribution in [0.4, 0.5) is 13.2 Å². The molecular weight excluding hydrogens is 361 g/mol. The molecule has 0 saturated carbocycles. The summed E-state index contributed by atoms with van der Waals surface area (Å²) < 4.78 is 45.8. The van der Waals surface area contributed by atoms with E-state index in [1.165, 1.54) is 12.1 Å². The molecule has 2 aromatic rings. The zero-order chi connectivity index (χ0) is 19.3. The van der Waals surface area contributed by atoms with Gasteiger partial charge in [0.15, 0.2) is 5.82 Å². The second-order valence-electron chi connectivity index (χ2n) is 6.60. The second kappa shape index (κ2) is 8.71. The van der Waals surface area contributed by atoms with Gasteiger partial charge in [0.05, 0.1) is 6.54 Å². The van der Waals surface area contributed by atoms with Crippen molar-refractivity contribution in [1.82, 2.24) is 19.9 Å². The molecule has 148 valence electrons. The number of ether oxygens (including phenoxy) is 1. The van der Waals surface area contributed by atoms with Gasteiger partial charge in [0, 0.05) is 39.1 Å². The summed E-state index contributed by atoms with van der Waals surface area (Å²) in [6.07, 6.45) is -2.85. The smallest absolute Gasteiger partial charge is 0.406 e. The number of halogens is 3. The lowest BCUT2D eigenvalue weighted by atomic mass is 10.2. The van der Waals surface area contributed by atoms with E-state index < -0.39 is 6.36 Å². The van der Waals surface area contributed by atoms with E-state index in [1.807, 2.05) is 0 Å². The monoisotopic (exact) mass is 384 g/mol. The summed E-state index contributed by atoms with van der Waals surface area (Å²) in [4.78, 5) is 8.92. The van der Waals surface area contributed by atoms with E-state index in [0.717, 1.165) is 50.4 Å². The molecule has 1 saturated heterocycles. The lowest BCUT2D eigenvalue weighted by Crippen LogP contribution is -2.45. The largest absolute Gasteiger partial charge is 0.573 e. The molecule has 6 nitrogen and oxygen atoms in total. The molecule has 0 N–H and O–H groups in total. The summed E-state index contributed by atoms with van der Waals surface area (Å²) in [5, 5.41) is 3.97. The lowest BCUT2D eigenvalue weighted by molar-refractivity contribution is -0.274. The standard InChI is InChI=1S/C18H23F3N4O2/c1-2-3-16-22-17(27-23-16)13-25-10-8-24(9-11-25)12-14-4-6-15(7-5-14)26-18(19,20)21/h4-7H,2-3,8-13H2,1H3. The molecule has 1 aliphatic heterocycles. The van der Waals surface area contributed by atoms with E-state index in [2.05, 4.69) is 31.6 Å². The molecule has 3 rings (SSSR count). The molecular formula is C18H23F3N4O2. The minimum absolute atomic E-state index is 0.196. The van der Waals surface area contributed by atoms with Crippen LogP contribution in [0.1, 0.15) is 30.6 Å². The van der Waals surface area contributed by atoms with Crippen molar-refractivity contribution in [3.8, 4) is 5.75 Å². The first kappa shape index (κ1) is 19.6. The molecule has 0 spiro atoms. The molecule has 9 heteroatoms. The summed E-state index contributed by atoms with van der Waals surface area (Å²) in [6.45, 7) is 6.91. The first-order valence-electron chi connectivity index (χ1n) is 9.02. The second-order valence-corrected chi connectivity index (χ2v) is 6.60. The number of benzene rings is 1. The highest BCUT2D eigenvalue weighted by atomic mass is 19.4. The van der Waals surface area contributed by atoms with E-state index in [0.29, 0.717) is 19.0 Å². The minimum atomic E-state index is -4.66. The van der Waals surface area contributed by atoms with Crippen LogP contribution in [0, 0.1) is 0 Å². The predicted molar refractivity (Wildman–Crippen MR) is 92.0 cm³/mol. The van der Waals surface area contributed by atoms with Crippen molar-refractivity contribution in [2.24, 2.45) is 0 Å². The number of rotatable bonds is 7. The quantitative estimate of drug-likeness (QED) is 0.731. The molecule has 1 fully saturated rings. The molecule has 0 atom stereocenters. The molecule has 1 aliphatic rings. The number of piperazine rings is 1. The van der Waals surface area contributed by atoms with Crippen LogP contribution in [0.5, 0.6) is 5.75 Å². The highest BCUT2D eigenvalue weighted by Crippen LogP contribution is 2.23. The minimum Gasteiger partial charge on any atom is -0.406 e. The van der Waals surface area contributed by atoms with Crippen LogP contribution in [0.3, 0.4) is 0 Å². The molecule has 0 unspecified atom stereocenters. The predicted octanol–water partition coefficient (Wildman–Crippen LogP) is 3.24. The van der Waals surface area contributed by atoms with Crippen molar-refractivity contribution in [2.75, 3.05) is 26.2 Å². The van der Waals surface area contributed by atoms with Gasteiger partial charge in [-0.15, -0.1) is 13.2 Å². The SMILES string of the molecule is CCCc1noc(CN2CCN(Cc3ccc(OC(F)(F)F)cc3)CC2)n1. The summed E-state index contributed by atoms with van der Waals surface area (Å²) in [5.74, 6) is 1.20. The van der Waals surface area contributed by atoms with Gasteiger partial charge in [-0.05, 0) is 24.1 Å². The summed E-state index contributed by atoms with van der Waals surface area (Å²) in [7, 11) is 0. The number of aromatic nitrogens is 2. The Morgan fingerprint density at radius 3 is 2.26 bits per heavy atom. The van der Waals surface area contributed by atoms with Gasteiger partial charge in [0.25, 0.3) is 0 Å². The van der Waals surface area contributed by atoms with Crippen molar-refractivity contribution in [2.45, 2.75) is 39.2 Å². The fraction of sp³-hybridized carbons (Fsp3) is 0.556. The first-order chi connectivity index (χ1) is 12.9. The lowest BCUT2D eigenvalue weighted by Gasteiger charge is -2.33. The third-order valence-electron chi connectivity index (χ3n) is 4.37. The fourth-order valence-electron chi connectivity index (χ4n) is 3.03. The Hall–Kier alpha value is -2.13. The summed E-state index contributed by atoms with van der Waals surface area (Å²) in [6, 6.07) is 6.04. The Bertz CT molecular complexity index is 710. The molecule has 1 aromatic carbocycles. The number of aryl methyl sites for hydroxylation is 1. The van der Waals surface area contributed by atoms with Gasteiger partial charge >= 0.3 is 6.36 Å².